The maximum absolute atomic E-state index is 10.9. The van der Waals surface area contributed by atoms with Gasteiger partial charge in [-0.05, 0) is 36.4 Å². The van der Waals surface area contributed by atoms with Crippen molar-refractivity contribution in [1.29, 1.82) is 0 Å². The summed E-state index contributed by atoms with van der Waals surface area (Å²) >= 11 is 0. The third-order valence-electron chi connectivity index (χ3n) is 4.39. The molecule has 1 N–H and O–H groups in total. The van der Waals surface area contributed by atoms with E-state index in [1.54, 1.807) is 32.5 Å². The van der Waals surface area contributed by atoms with Crippen LogP contribution in [0.1, 0.15) is 0 Å². The van der Waals surface area contributed by atoms with Gasteiger partial charge in [-0.2, -0.15) is 0 Å². The lowest BCUT2D eigenvalue weighted by molar-refractivity contribution is 0.356. The summed E-state index contributed by atoms with van der Waals surface area (Å²) in [4.78, 5) is 4.44. The smallest absolute Gasteiger partial charge is 0.222 e. The largest absolute Gasteiger partial charge is 0.493 e. The van der Waals surface area contributed by atoms with Gasteiger partial charge in [0.1, 0.15) is 0 Å². The summed E-state index contributed by atoms with van der Waals surface area (Å²) in [6.45, 7) is 0. The molecule has 7 nitrogen and oxygen atoms in total. The van der Waals surface area contributed by atoms with Gasteiger partial charge < -0.3 is 14.0 Å². The van der Waals surface area contributed by atoms with Gasteiger partial charge in [0.15, 0.2) is 11.5 Å². The molecular weight excluding hydrogens is 366 g/mol. The summed E-state index contributed by atoms with van der Waals surface area (Å²) in [6, 6.07) is 13.0. The molecule has 0 atom stereocenters. The highest BCUT2D eigenvalue weighted by atomic mass is 32.2. The topological polar surface area (TPSA) is 82.5 Å². The molecule has 8 heteroatoms. The van der Waals surface area contributed by atoms with E-state index < -0.39 is 10.9 Å². The zero-order valence-corrected chi connectivity index (χ0v) is 15.6. The number of methoxy groups -OCH3 is 2. The average Bonchev–Trinajstić information content (AvgIpc) is 3.08. The van der Waals surface area contributed by atoms with Crippen molar-refractivity contribution in [2.75, 3.05) is 18.9 Å². The monoisotopic (exact) mass is 383 g/mol. The minimum Gasteiger partial charge on any atom is -0.493 e. The van der Waals surface area contributed by atoms with Gasteiger partial charge in [-0.15, -0.1) is 0 Å². The molecule has 0 radical (unpaired) electrons. The summed E-state index contributed by atoms with van der Waals surface area (Å²) < 4.78 is 37.0. The third-order valence-corrected chi connectivity index (χ3v) is 4.83. The average molecular weight is 383 g/mol. The Morgan fingerprint density at radius 3 is 2.52 bits per heavy atom. The van der Waals surface area contributed by atoms with Crippen molar-refractivity contribution in [3.05, 3.63) is 54.9 Å². The van der Waals surface area contributed by atoms with Crippen molar-refractivity contribution in [3.8, 4) is 17.2 Å². The van der Waals surface area contributed by atoms with E-state index in [-0.39, 0.29) is 0 Å². The second-order valence-electron chi connectivity index (χ2n) is 5.88. The molecule has 0 unspecified atom stereocenters. The first kappa shape index (κ1) is 17.2. The number of nitrogens with zero attached hydrogens (tertiary/aromatic N) is 2. The zero-order chi connectivity index (χ0) is 19.0. The number of benzene rings is 2. The van der Waals surface area contributed by atoms with Crippen LogP contribution in [-0.4, -0.2) is 32.2 Å². The molecule has 0 amide bonds. The number of hydrogen-bond donors (Lipinski definition) is 2. The second kappa shape index (κ2) is 6.81. The lowest BCUT2D eigenvalue weighted by Gasteiger charge is -2.13. The lowest BCUT2D eigenvalue weighted by atomic mass is 10.1. The Morgan fingerprint density at radius 2 is 1.78 bits per heavy atom. The Morgan fingerprint density at radius 1 is 1.00 bits per heavy atom. The van der Waals surface area contributed by atoms with Crippen molar-refractivity contribution in [1.82, 2.24) is 9.55 Å². The number of pyridine rings is 1. The number of rotatable bonds is 5. The summed E-state index contributed by atoms with van der Waals surface area (Å²) in [5.74, 6) is 1.25. The molecule has 0 bridgehead atoms. The Bertz CT molecular complexity index is 1220. The molecule has 0 saturated carbocycles. The molecule has 0 aliphatic heterocycles. The number of fused-ring (bicyclic) bond motifs is 2. The fraction of sp³-hybridized carbons (Fsp3) is 0.105. The number of anilines is 1. The van der Waals surface area contributed by atoms with E-state index in [1.165, 1.54) is 0 Å². The molecular formula is C19H17N3O4S. The Balaban J connectivity index is 1.91. The van der Waals surface area contributed by atoms with Crippen LogP contribution in [0.15, 0.2) is 54.9 Å². The van der Waals surface area contributed by atoms with E-state index >= 15 is 0 Å². The summed E-state index contributed by atoms with van der Waals surface area (Å²) in [5.41, 5.74) is 3.20. The SMILES string of the molecule is COc1cc2nccc(-n3ccc4cc(N[SH](=O)=O)ccc43)c2cc1OC. The van der Waals surface area contributed by atoms with Crippen LogP contribution in [0.2, 0.25) is 0 Å². The van der Waals surface area contributed by atoms with Crippen LogP contribution in [0, 0.1) is 0 Å². The van der Waals surface area contributed by atoms with Crippen LogP contribution >= 0.6 is 0 Å². The molecule has 0 spiro atoms. The number of ether oxygens (including phenoxy) is 2. The van der Waals surface area contributed by atoms with Crippen LogP contribution in [0.4, 0.5) is 5.69 Å². The zero-order valence-electron chi connectivity index (χ0n) is 14.7. The lowest BCUT2D eigenvalue weighted by Crippen LogP contribution is -1.97. The van der Waals surface area contributed by atoms with Gasteiger partial charge in [0.2, 0.25) is 10.9 Å². The first-order valence-electron chi connectivity index (χ1n) is 8.14. The van der Waals surface area contributed by atoms with E-state index in [2.05, 4.69) is 9.71 Å². The van der Waals surface area contributed by atoms with Gasteiger partial charge in [-0.25, -0.2) is 8.42 Å². The van der Waals surface area contributed by atoms with E-state index in [4.69, 9.17) is 9.47 Å². The molecule has 2 aromatic carbocycles. The Labute approximate surface area is 157 Å². The van der Waals surface area contributed by atoms with Crippen molar-refractivity contribution >= 4 is 38.4 Å². The molecule has 0 fully saturated rings. The summed E-state index contributed by atoms with van der Waals surface area (Å²) in [5, 5.41) is 1.83. The van der Waals surface area contributed by atoms with Crippen molar-refractivity contribution < 1.29 is 17.9 Å². The van der Waals surface area contributed by atoms with Crippen LogP contribution in [0.3, 0.4) is 0 Å². The highest BCUT2D eigenvalue weighted by molar-refractivity contribution is 7.73. The summed E-state index contributed by atoms with van der Waals surface area (Å²) in [6.07, 6.45) is 3.69. The Hall–Kier alpha value is -3.26. The molecule has 2 aromatic heterocycles. The van der Waals surface area contributed by atoms with E-state index in [0.29, 0.717) is 17.2 Å². The van der Waals surface area contributed by atoms with Crippen molar-refractivity contribution in [2.45, 2.75) is 0 Å². The minimum absolute atomic E-state index is 0.530. The molecule has 0 aliphatic carbocycles. The van der Waals surface area contributed by atoms with Crippen LogP contribution in [0.25, 0.3) is 27.5 Å². The third kappa shape index (κ3) is 3.04. The van der Waals surface area contributed by atoms with E-state index in [0.717, 1.165) is 27.5 Å². The normalized spacial score (nSPS) is 11.2. The highest BCUT2D eigenvalue weighted by Gasteiger charge is 2.12. The number of aromatic nitrogens is 2. The number of nitrogens with one attached hydrogen (secondary N) is 1. The standard InChI is InChI=1S/C19H17N3O4S/c1-25-18-10-14-15(11-19(18)26-2)20-7-5-17(14)22-8-6-12-9-13(21-27(23)24)3-4-16(12)22/h3-11,27H,1-2H3,(H,21,23,24). The summed E-state index contributed by atoms with van der Waals surface area (Å²) in [7, 11) is 0.495. The van der Waals surface area contributed by atoms with E-state index in [9.17, 15) is 8.42 Å². The Kier molecular flexibility index (Phi) is 4.33. The molecule has 27 heavy (non-hydrogen) atoms. The maximum atomic E-state index is 10.9. The molecule has 0 aliphatic rings. The molecule has 2 heterocycles. The van der Waals surface area contributed by atoms with Gasteiger partial charge in [0.05, 0.1) is 30.9 Å². The van der Waals surface area contributed by atoms with Gasteiger partial charge in [0, 0.05) is 34.9 Å². The van der Waals surface area contributed by atoms with E-state index in [1.807, 2.05) is 41.1 Å². The predicted octanol–water partition coefficient (Wildman–Crippen LogP) is 3.13. The van der Waals surface area contributed by atoms with Gasteiger partial charge in [-0.1, -0.05) is 0 Å². The molecule has 4 rings (SSSR count). The van der Waals surface area contributed by atoms with Crippen molar-refractivity contribution in [2.24, 2.45) is 0 Å². The van der Waals surface area contributed by atoms with Gasteiger partial charge >= 0.3 is 0 Å². The number of thiol groups is 1. The molecule has 0 saturated heterocycles. The fourth-order valence-electron chi connectivity index (χ4n) is 3.20. The minimum atomic E-state index is -2.69. The fourth-order valence-corrected chi connectivity index (χ4v) is 3.55. The predicted molar refractivity (Wildman–Crippen MR) is 106 cm³/mol. The van der Waals surface area contributed by atoms with Crippen LogP contribution in [-0.2, 0) is 10.9 Å². The van der Waals surface area contributed by atoms with Crippen molar-refractivity contribution in [3.63, 3.8) is 0 Å². The van der Waals surface area contributed by atoms with Crippen LogP contribution in [0.5, 0.6) is 11.5 Å². The number of hydrogen-bond acceptors (Lipinski definition) is 5. The first-order valence-corrected chi connectivity index (χ1v) is 9.31. The molecule has 4 aromatic rings. The van der Waals surface area contributed by atoms with Gasteiger partial charge in [-0.3, -0.25) is 9.71 Å². The maximum Gasteiger partial charge on any atom is 0.222 e. The second-order valence-corrected chi connectivity index (χ2v) is 6.62. The highest BCUT2D eigenvalue weighted by Crippen LogP contribution is 2.35. The first-order chi connectivity index (χ1) is 13.1. The van der Waals surface area contributed by atoms with Crippen LogP contribution < -0.4 is 14.2 Å². The molecule has 138 valence electrons. The van der Waals surface area contributed by atoms with Gasteiger partial charge in [0.25, 0.3) is 0 Å². The quantitative estimate of drug-likeness (QED) is 0.518.